The molecule has 0 atom stereocenters. The summed E-state index contributed by atoms with van der Waals surface area (Å²) < 4.78 is 4.84. The number of methoxy groups -OCH3 is 1. The van der Waals surface area contributed by atoms with E-state index in [4.69, 9.17) is 4.74 Å². The molecule has 0 aromatic heterocycles. The van der Waals surface area contributed by atoms with Gasteiger partial charge in [0.1, 0.15) is 5.54 Å². The number of anilines is 1. The van der Waals surface area contributed by atoms with E-state index in [2.05, 4.69) is 0 Å². The number of para-hydroxylation sites is 1. The number of hydrogen-bond acceptors (Lipinski definition) is 3. The molecule has 16 heavy (non-hydrogen) atoms. The van der Waals surface area contributed by atoms with Crippen molar-refractivity contribution < 1.29 is 9.53 Å². The fourth-order valence-electron chi connectivity index (χ4n) is 1.87. The molecule has 0 saturated heterocycles. The quantitative estimate of drug-likeness (QED) is 0.731. The van der Waals surface area contributed by atoms with Gasteiger partial charge in [0.05, 0.1) is 7.11 Å². The van der Waals surface area contributed by atoms with Crippen LogP contribution in [-0.4, -0.2) is 25.2 Å². The molecule has 0 radical (unpaired) electrons. The third kappa shape index (κ3) is 2.35. The first-order chi connectivity index (χ1) is 7.54. The number of carbonyl (C=O) groups excluding carboxylic acids is 1. The van der Waals surface area contributed by atoms with Gasteiger partial charge in [-0.3, -0.25) is 0 Å². The zero-order valence-corrected chi connectivity index (χ0v) is 10.4. The molecular formula is C13H19NO2. The smallest absolute Gasteiger partial charge is 0.331 e. The molecule has 0 unspecified atom stereocenters. The number of likely N-dealkylation sites (N-methyl/N-ethyl adjacent to an activating group) is 1. The lowest BCUT2D eigenvalue weighted by molar-refractivity contribution is -0.145. The largest absolute Gasteiger partial charge is 0.467 e. The Bertz CT molecular complexity index is 346. The zero-order chi connectivity index (χ0) is 12.2. The Morgan fingerprint density at radius 3 is 2.31 bits per heavy atom. The maximum atomic E-state index is 11.7. The molecular weight excluding hydrogens is 202 g/mol. The van der Waals surface area contributed by atoms with Crippen molar-refractivity contribution >= 4 is 11.7 Å². The van der Waals surface area contributed by atoms with Gasteiger partial charge in [0.15, 0.2) is 0 Å². The van der Waals surface area contributed by atoms with Crippen LogP contribution in [0.4, 0.5) is 5.69 Å². The molecule has 0 amide bonds. The highest BCUT2D eigenvalue weighted by molar-refractivity contribution is 5.84. The molecule has 3 nitrogen and oxygen atoms in total. The molecule has 0 aliphatic rings. The predicted molar refractivity (Wildman–Crippen MR) is 65.6 cm³/mol. The van der Waals surface area contributed by atoms with Gasteiger partial charge in [0.25, 0.3) is 0 Å². The maximum Gasteiger partial charge on any atom is 0.331 e. The maximum absolute atomic E-state index is 11.7. The van der Waals surface area contributed by atoms with Gasteiger partial charge in [-0.15, -0.1) is 0 Å². The van der Waals surface area contributed by atoms with E-state index < -0.39 is 5.54 Å². The van der Waals surface area contributed by atoms with Crippen LogP contribution in [0.15, 0.2) is 30.3 Å². The molecule has 0 saturated carbocycles. The predicted octanol–water partition coefficient (Wildman–Crippen LogP) is 2.46. The summed E-state index contributed by atoms with van der Waals surface area (Å²) >= 11 is 0. The van der Waals surface area contributed by atoms with Crippen molar-refractivity contribution in [2.75, 3.05) is 18.6 Å². The van der Waals surface area contributed by atoms with Gasteiger partial charge in [0, 0.05) is 12.2 Å². The second kappa shape index (κ2) is 5.01. The van der Waals surface area contributed by atoms with Crippen LogP contribution in [0.1, 0.15) is 20.8 Å². The zero-order valence-electron chi connectivity index (χ0n) is 10.4. The van der Waals surface area contributed by atoms with Crippen LogP contribution in [0.3, 0.4) is 0 Å². The van der Waals surface area contributed by atoms with Gasteiger partial charge in [0.2, 0.25) is 0 Å². The first-order valence-corrected chi connectivity index (χ1v) is 5.45. The van der Waals surface area contributed by atoms with Crippen molar-refractivity contribution in [1.82, 2.24) is 0 Å². The summed E-state index contributed by atoms with van der Waals surface area (Å²) in [6.45, 7) is 6.52. The van der Waals surface area contributed by atoms with Gasteiger partial charge >= 0.3 is 5.97 Å². The minimum Gasteiger partial charge on any atom is -0.467 e. The molecule has 0 N–H and O–H groups in total. The molecule has 88 valence electrons. The van der Waals surface area contributed by atoms with E-state index in [0.717, 1.165) is 12.2 Å². The fraction of sp³-hybridized carbons (Fsp3) is 0.462. The number of hydrogen-bond donors (Lipinski definition) is 0. The van der Waals surface area contributed by atoms with Crippen LogP contribution in [0.2, 0.25) is 0 Å². The lowest BCUT2D eigenvalue weighted by atomic mass is 10.0. The Kier molecular flexibility index (Phi) is 3.93. The Balaban J connectivity index is 3.03. The van der Waals surface area contributed by atoms with Crippen LogP contribution in [0.25, 0.3) is 0 Å². The van der Waals surface area contributed by atoms with Gasteiger partial charge in [-0.05, 0) is 32.9 Å². The van der Waals surface area contributed by atoms with Crippen molar-refractivity contribution in [1.29, 1.82) is 0 Å². The van der Waals surface area contributed by atoms with Gasteiger partial charge in [-0.2, -0.15) is 0 Å². The highest BCUT2D eigenvalue weighted by atomic mass is 16.5. The van der Waals surface area contributed by atoms with Crippen molar-refractivity contribution in [2.24, 2.45) is 0 Å². The van der Waals surface area contributed by atoms with E-state index in [1.807, 2.05) is 56.0 Å². The molecule has 1 aromatic rings. The summed E-state index contributed by atoms with van der Waals surface area (Å²) in [5.74, 6) is -0.224. The van der Waals surface area contributed by atoms with Crippen LogP contribution in [0.5, 0.6) is 0 Å². The summed E-state index contributed by atoms with van der Waals surface area (Å²) in [7, 11) is 1.42. The second-order valence-corrected chi connectivity index (χ2v) is 4.13. The first-order valence-electron chi connectivity index (χ1n) is 5.45. The van der Waals surface area contributed by atoms with E-state index in [9.17, 15) is 4.79 Å². The number of benzene rings is 1. The topological polar surface area (TPSA) is 29.5 Å². The van der Waals surface area contributed by atoms with Crippen LogP contribution >= 0.6 is 0 Å². The van der Waals surface area contributed by atoms with Crippen LogP contribution in [0, 0.1) is 0 Å². The standard InChI is InChI=1S/C13H19NO2/c1-5-14(11-9-7-6-8-10-11)13(2,3)12(15)16-4/h6-10H,5H2,1-4H3. The second-order valence-electron chi connectivity index (χ2n) is 4.13. The lowest BCUT2D eigenvalue weighted by Crippen LogP contribution is -2.51. The number of nitrogens with zero attached hydrogens (tertiary/aromatic N) is 1. The van der Waals surface area contributed by atoms with E-state index >= 15 is 0 Å². The molecule has 0 heterocycles. The highest BCUT2D eigenvalue weighted by Crippen LogP contribution is 2.24. The van der Waals surface area contributed by atoms with Crippen molar-refractivity contribution in [2.45, 2.75) is 26.3 Å². The Morgan fingerprint density at radius 2 is 1.88 bits per heavy atom. The molecule has 1 aromatic carbocycles. The Labute approximate surface area is 97.0 Å². The molecule has 0 bridgehead atoms. The minimum atomic E-state index is -0.648. The third-order valence-electron chi connectivity index (χ3n) is 2.74. The molecule has 3 heteroatoms. The van der Waals surface area contributed by atoms with Gasteiger partial charge in [-0.25, -0.2) is 4.79 Å². The van der Waals surface area contributed by atoms with Crippen molar-refractivity contribution in [3.8, 4) is 0 Å². The molecule has 0 fully saturated rings. The van der Waals surface area contributed by atoms with E-state index in [1.165, 1.54) is 7.11 Å². The number of ether oxygens (including phenoxy) is 1. The van der Waals surface area contributed by atoms with Gasteiger partial charge < -0.3 is 9.64 Å². The monoisotopic (exact) mass is 221 g/mol. The molecule has 0 aliphatic carbocycles. The third-order valence-corrected chi connectivity index (χ3v) is 2.74. The Morgan fingerprint density at radius 1 is 1.31 bits per heavy atom. The fourth-order valence-corrected chi connectivity index (χ4v) is 1.87. The van der Waals surface area contributed by atoms with E-state index in [0.29, 0.717) is 0 Å². The SMILES string of the molecule is CCN(c1ccccc1)C(C)(C)C(=O)OC. The van der Waals surface area contributed by atoms with E-state index in [1.54, 1.807) is 0 Å². The lowest BCUT2D eigenvalue weighted by Gasteiger charge is -2.37. The van der Waals surface area contributed by atoms with Crippen LogP contribution in [-0.2, 0) is 9.53 Å². The van der Waals surface area contributed by atoms with E-state index in [-0.39, 0.29) is 5.97 Å². The van der Waals surface area contributed by atoms with Crippen molar-refractivity contribution in [3.63, 3.8) is 0 Å². The molecule has 0 aliphatic heterocycles. The number of esters is 1. The summed E-state index contributed by atoms with van der Waals surface area (Å²) in [6.07, 6.45) is 0. The molecule has 1 rings (SSSR count). The van der Waals surface area contributed by atoms with Crippen molar-refractivity contribution in [3.05, 3.63) is 30.3 Å². The summed E-state index contributed by atoms with van der Waals surface area (Å²) in [5.41, 5.74) is 0.380. The number of carbonyl (C=O) groups is 1. The first kappa shape index (κ1) is 12.6. The average molecular weight is 221 g/mol. The molecule has 0 spiro atoms. The summed E-state index contributed by atoms with van der Waals surface area (Å²) in [6, 6.07) is 9.88. The number of rotatable bonds is 4. The highest BCUT2D eigenvalue weighted by Gasteiger charge is 2.34. The van der Waals surface area contributed by atoms with Crippen LogP contribution < -0.4 is 4.90 Å². The summed E-state index contributed by atoms with van der Waals surface area (Å²) in [5, 5.41) is 0. The average Bonchev–Trinajstić information content (AvgIpc) is 2.30. The normalized spacial score (nSPS) is 11.0. The summed E-state index contributed by atoms with van der Waals surface area (Å²) in [4.78, 5) is 13.8. The Hall–Kier alpha value is -1.51. The minimum absolute atomic E-state index is 0.224. The van der Waals surface area contributed by atoms with Gasteiger partial charge in [-0.1, -0.05) is 18.2 Å².